The zero-order chi connectivity index (χ0) is 18.5. The number of fused-ring (bicyclic) bond motifs is 1. The van der Waals surface area contributed by atoms with Crippen LogP contribution in [0.15, 0.2) is 63.6 Å². The van der Waals surface area contributed by atoms with Gasteiger partial charge in [-0.3, -0.25) is 14.9 Å². The minimum atomic E-state index is -0.485. The normalized spacial score (nSPS) is 11.3. The van der Waals surface area contributed by atoms with Gasteiger partial charge in [-0.05, 0) is 18.2 Å². The van der Waals surface area contributed by atoms with Crippen LogP contribution in [0, 0.1) is 10.1 Å². The molecule has 8 nitrogen and oxygen atoms in total. The minimum absolute atomic E-state index is 0.0666. The Morgan fingerprint density at radius 3 is 2.88 bits per heavy atom. The van der Waals surface area contributed by atoms with E-state index in [1.54, 1.807) is 36.4 Å². The fourth-order valence-electron chi connectivity index (χ4n) is 2.31. The van der Waals surface area contributed by atoms with Gasteiger partial charge < -0.3 is 5.11 Å². The molecule has 1 N–H and O–H groups in total. The fourth-order valence-corrected chi connectivity index (χ4v) is 3.06. The number of nitro groups is 1. The third-order valence-electron chi connectivity index (χ3n) is 3.51. The summed E-state index contributed by atoms with van der Waals surface area (Å²) in [7, 11) is 0. The van der Waals surface area contributed by atoms with E-state index >= 15 is 0 Å². The summed E-state index contributed by atoms with van der Waals surface area (Å²) in [5.41, 5.74) is 0.655. The Kier molecular flexibility index (Phi) is 5.40. The van der Waals surface area contributed by atoms with Crippen LogP contribution in [0.4, 0.5) is 5.69 Å². The molecule has 26 heavy (non-hydrogen) atoms. The fraction of sp³-hybridized carbons (Fsp3) is 0.118. The first kappa shape index (κ1) is 17.8. The van der Waals surface area contributed by atoms with Gasteiger partial charge in [-0.1, -0.05) is 18.2 Å². The molecular formula is C17H14N4O4S. The third kappa shape index (κ3) is 3.79. The number of benzene rings is 2. The van der Waals surface area contributed by atoms with Gasteiger partial charge in [-0.2, -0.15) is 9.78 Å². The average molecular weight is 370 g/mol. The van der Waals surface area contributed by atoms with Crippen molar-refractivity contribution in [1.82, 2.24) is 9.66 Å². The van der Waals surface area contributed by atoms with Gasteiger partial charge in [-0.25, -0.2) is 4.98 Å². The highest BCUT2D eigenvalue weighted by Gasteiger charge is 2.14. The minimum Gasteiger partial charge on any atom is -0.396 e. The summed E-state index contributed by atoms with van der Waals surface area (Å²) in [6, 6.07) is 11.6. The molecule has 1 heterocycles. The molecule has 0 aliphatic rings. The van der Waals surface area contributed by atoms with Gasteiger partial charge >= 0.3 is 0 Å². The maximum absolute atomic E-state index is 12.4. The second-order valence-electron chi connectivity index (χ2n) is 5.21. The number of nitro benzene ring substituents is 1. The molecule has 0 spiro atoms. The largest absolute Gasteiger partial charge is 0.396 e. The molecule has 0 radical (unpaired) electrons. The van der Waals surface area contributed by atoms with Gasteiger partial charge in [0.2, 0.25) is 0 Å². The topological polar surface area (TPSA) is 111 Å². The van der Waals surface area contributed by atoms with Crippen molar-refractivity contribution < 1.29 is 10.0 Å². The summed E-state index contributed by atoms with van der Waals surface area (Å²) in [5.74, 6) is 0.367. The molecule has 1 aromatic heterocycles. The molecule has 0 fully saturated rings. The Hall–Kier alpha value is -3.04. The van der Waals surface area contributed by atoms with Gasteiger partial charge in [0.25, 0.3) is 11.2 Å². The van der Waals surface area contributed by atoms with Gasteiger partial charge in [0.05, 0.1) is 33.5 Å². The summed E-state index contributed by atoms with van der Waals surface area (Å²) >= 11 is 1.20. The molecule has 0 amide bonds. The van der Waals surface area contributed by atoms with Crippen LogP contribution >= 0.6 is 11.8 Å². The maximum Gasteiger partial charge on any atom is 0.283 e. The van der Waals surface area contributed by atoms with Crippen LogP contribution < -0.4 is 5.56 Å². The zero-order valence-electron chi connectivity index (χ0n) is 13.5. The monoisotopic (exact) mass is 370 g/mol. The van der Waals surface area contributed by atoms with Gasteiger partial charge in [-0.15, -0.1) is 11.8 Å². The number of rotatable bonds is 6. The molecule has 0 aliphatic carbocycles. The van der Waals surface area contributed by atoms with E-state index in [9.17, 15) is 14.9 Å². The van der Waals surface area contributed by atoms with Gasteiger partial charge in [0.15, 0.2) is 0 Å². The third-order valence-corrected chi connectivity index (χ3v) is 4.55. The lowest BCUT2D eigenvalue weighted by Gasteiger charge is -2.03. The number of aliphatic hydroxyl groups is 1. The summed E-state index contributed by atoms with van der Waals surface area (Å²) in [4.78, 5) is 27.7. The number of para-hydroxylation sites is 1. The van der Waals surface area contributed by atoms with Crippen molar-refractivity contribution in [1.29, 1.82) is 0 Å². The molecule has 0 atom stereocenters. The Morgan fingerprint density at radius 1 is 1.31 bits per heavy atom. The number of hydrogen-bond acceptors (Lipinski definition) is 7. The van der Waals surface area contributed by atoms with E-state index in [2.05, 4.69) is 10.1 Å². The molecule has 0 bridgehead atoms. The number of aromatic nitrogens is 2. The summed E-state index contributed by atoms with van der Waals surface area (Å²) in [6.07, 6.45) is 2.67. The van der Waals surface area contributed by atoms with Crippen molar-refractivity contribution in [2.24, 2.45) is 5.10 Å². The SMILES string of the molecule is O=c1c2ccccc2ncn1/N=C\c1ccc(SCCO)c([N+](=O)[O-])c1. The number of thioether (sulfide) groups is 1. The maximum atomic E-state index is 12.4. The first-order chi connectivity index (χ1) is 12.6. The highest BCUT2D eigenvalue weighted by molar-refractivity contribution is 7.99. The average Bonchev–Trinajstić information content (AvgIpc) is 2.66. The first-order valence-corrected chi connectivity index (χ1v) is 8.61. The lowest BCUT2D eigenvalue weighted by atomic mass is 10.2. The van der Waals surface area contributed by atoms with Crippen LogP contribution in [0.3, 0.4) is 0 Å². The van der Waals surface area contributed by atoms with Crippen molar-refractivity contribution >= 4 is 34.6 Å². The molecule has 0 saturated heterocycles. The summed E-state index contributed by atoms with van der Waals surface area (Å²) in [6.45, 7) is -0.0666. The molecule has 3 rings (SSSR count). The predicted octanol–water partition coefficient (Wildman–Crippen LogP) is 2.27. The molecule has 9 heteroatoms. The van der Waals surface area contributed by atoms with E-state index in [1.807, 2.05) is 0 Å². The molecule has 0 unspecified atom stereocenters. The van der Waals surface area contributed by atoms with Gasteiger partial charge in [0, 0.05) is 17.4 Å². The van der Waals surface area contributed by atoms with Gasteiger partial charge in [0.1, 0.15) is 6.33 Å². The van der Waals surface area contributed by atoms with Crippen LogP contribution in [-0.2, 0) is 0 Å². The summed E-state index contributed by atoms with van der Waals surface area (Å²) < 4.78 is 1.09. The molecule has 2 aromatic carbocycles. The lowest BCUT2D eigenvalue weighted by molar-refractivity contribution is -0.387. The Morgan fingerprint density at radius 2 is 2.12 bits per heavy atom. The quantitative estimate of drug-likeness (QED) is 0.308. The second-order valence-corrected chi connectivity index (χ2v) is 6.35. The van der Waals surface area contributed by atoms with E-state index in [0.717, 1.165) is 4.68 Å². The van der Waals surface area contributed by atoms with Crippen molar-refractivity contribution in [2.45, 2.75) is 4.90 Å². The van der Waals surface area contributed by atoms with E-state index in [1.165, 1.54) is 30.4 Å². The van der Waals surface area contributed by atoms with Crippen molar-refractivity contribution in [3.8, 4) is 0 Å². The lowest BCUT2D eigenvalue weighted by Crippen LogP contribution is -2.16. The molecule has 0 aliphatic heterocycles. The predicted molar refractivity (Wildman–Crippen MR) is 99.9 cm³/mol. The van der Waals surface area contributed by atoms with E-state index in [0.29, 0.717) is 27.1 Å². The highest BCUT2D eigenvalue weighted by Crippen LogP contribution is 2.29. The number of aliphatic hydroxyl groups excluding tert-OH is 1. The van der Waals surface area contributed by atoms with Crippen molar-refractivity contribution in [2.75, 3.05) is 12.4 Å². The van der Waals surface area contributed by atoms with Crippen molar-refractivity contribution in [3.05, 3.63) is 74.8 Å². The second kappa shape index (κ2) is 7.89. The Labute approximate surface area is 152 Å². The van der Waals surface area contributed by atoms with Crippen LogP contribution in [0.2, 0.25) is 0 Å². The van der Waals surface area contributed by atoms with E-state index in [-0.39, 0.29) is 17.9 Å². The summed E-state index contributed by atoms with van der Waals surface area (Å²) in [5, 5.41) is 24.6. The van der Waals surface area contributed by atoms with E-state index < -0.39 is 4.92 Å². The molecular weight excluding hydrogens is 356 g/mol. The standard InChI is InChI=1S/C17H14N4O4S/c22-7-8-26-16-6-5-12(9-15(16)21(24)25)10-19-20-11-18-14-4-2-1-3-13(14)17(20)23/h1-6,9-11,22H,7-8H2/b19-10-. The van der Waals surface area contributed by atoms with Crippen LogP contribution in [0.1, 0.15) is 5.56 Å². The first-order valence-electron chi connectivity index (χ1n) is 7.63. The Bertz CT molecular complexity index is 1050. The zero-order valence-corrected chi connectivity index (χ0v) is 14.3. The molecule has 3 aromatic rings. The smallest absolute Gasteiger partial charge is 0.283 e. The number of hydrogen-bond donors (Lipinski definition) is 1. The van der Waals surface area contributed by atoms with Crippen LogP contribution in [0.25, 0.3) is 10.9 Å². The van der Waals surface area contributed by atoms with Crippen molar-refractivity contribution in [3.63, 3.8) is 0 Å². The van der Waals surface area contributed by atoms with Crippen LogP contribution in [-0.4, -0.2) is 38.3 Å². The van der Waals surface area contributed by atoms with E-state index in [4.69, 9.17) is 5.11 Å². The molecule has 132 valence electrons. The molecule has 0 saturated carbocycles. The Balaban J connectivity index is 1.93. The van der Waals surface area contributed by atoms with Crippen LogP contribution in [0.5, 0.6) is 0 Å². The highest BCUT2D eigenvalue weighted by atomic mass is 32.2. The number of nitrogens with zero attached hydrogens (tertiary/aromatic N) is 4.